The number of anilines is 1. The van der Waals surface area contributed by atoms with Gasteiger partial charge in [0.2, 0.25) is 0 Å². The van der Waals surface area contributed by atoms with Gasteiger partial charge in [-0.2, -0.15) is 0 Å². The van der Waals surface area contributed by atoms with E-state index in [2.05, 4.69) is 4.90 Å². The van der Waals surface area contributed by atoms with Crippen LogP contribution in [0.15, 0.2) is 54.6 Å². The van der Waals surface area contributed by atoms with Crippen molar-refractivity contribution in [2.75, 3.05) is 18.5 Å². The number of rotatable bonds is 5. The van der Waals surface area contributed by atoms with Gasteiger partial charge in [0.1, 0.15) is 0 Å². The summed E-state index contributed by atoms with van der Waals surface area (Å²) in [4.78, 5) is 12.7. The maximum Gasteiger partial charge on any atom is 0.272 e. The zero-order valence-corrected chi connectivity index (χ0v) is 10.8. The Morgan fingerprint density at radius 1 is 1.05 bits per heavy atom. The van der Waals surface area contributed by atoms with E-state index in [-0.39, 0.29) is 10.6 Å². The zero-order valence-electron chi connectivity index (χ0n) is 10.8. The Kier molecular flexibility index (Phi) is 4.13. The van der Waals surface area contributed by atoms with E-state index >= 15 is 0 Å². The summed E-state index contributed by atoms with van der Waals surface area (Å²) in [7, 11) is 1.99. The molecule has 0 saturated carbocycles. The number of nitro benzene ring substituents is 1. The van der Waals surface area contributed by atoms with Crippen molar-refractivity contribution in [2.24, 2.45) is 0 Å². The first-order valence-electron chi connectivity index (χ1n) is 6.17. The fourth-order valence-electron chi connectivity index (χ4n) is 2.00. The summed E-state index contributed by atoms with van der Waals surface area (Å²) in [6.45, 7) is 0.745. The molecule has 4 heteroatoms. The molecule has 0 aliphatic carbocycles. The predicted molar refractivity (Wildman–Crippen MR) is 76.5 cm³/mol. The summed E-state index contributed by atoms with van der Waals surface area (Å²) in [5.74, 6) is 0. The molecular weight excluding hydrogens is 240 g/mol. The minimum absolute atomic E-state index is 0.198. The second-order valence-corrected chi connectivity index (χ2v) is 4.39. The Bertz CT molecular complexity index is 555. The molecule has 2 aromatic rings. The highest BCUT2D eigenvalue weighted by atomic mass is 16.6. The molecule has 0 N–H and O–H groups in total. The molecule has 0 aromatic heterocycles. The Balaban J connectivity index is 2.05. The summed E-state index contributed by atoms with van der Waals surface area (Å²) in [6, 6.07) is 16.9. The SMILES string of the molecule is CN(CCc1ccccc1[N+](=O)[O-])c1ccccc1. The van der Waals surface area contributed by atoms with Crippen molar-refractivity contribution in [1.82, 2.24) is 0 Å². The summed E-state index contributed by atoms with van der Waals surface area (Å²) < 4.78 is 0. The molecule has 98 valence electrons. The third-order valence-corrected chi connectivity index (χ3v) is 3.10. The second kappa shape index (κ2) is 6.00. The average molecular weight is 256 g/mol. The number of nitrogens with zero attached hydrogens (tertiary/aromatic N) is 2. The molecule has 0 aliphatic rings. The number of hydrogen-bond acceptors (Lipinski definition) is 3. The molecule has 0 amide bonds. The van der Waals surface area contributed by atoms with Gasteiger partial charge in [-0.05, 0) is 18.6 Å². The van der Waals surface area contributed by atoms with Crippen LogP contribution in [-0.2, 0) is 6.42 Å². The van der Waals surface area contributed by atoms with Crippen LogP contribution in [0.2, 0.25) is 0 Å². The van der Waals surface area contributed by atoms with E-state index in [4.69, 9.17) is 0 Å². The number of hydrogen-bond donors (Lipinski definition) is 0. The molecule has 0 saturated heterocycles. The predicted octanol–water partition coefficient (Wildman–Crippen LogP) is 3.27. The van der Waals surface area contributed by atoms with Crippen molar-refractivity contribution in [3.8, 4) is 0 Å². The lowest BCUT2D eigenvalue weighted by atomic mass is 10.1. The molecule has 0 radical (unpaired) electrons. The molecule has 0 spiro atoms. The molecule has 2 aromatic carbocycles. The van der Waals surface area contributed by atoms with E-state index in [1.807, 2.05) is 49.5 Å². The summed E-state index contributed by atoms with van der Waals surface area (Å²) in [6.07, 6.45) is 0.655. The van der Waals surface area contributed by atoms with Crippen molar-refractivity contribution < 1.29 is 4.92 Å². The van der Waals surface area contributed by atoms with E-state index in [1.54, 1.807) is 12.1 Å². The normalized spacial score (nSPS) is 10.2. The van der Waals surface area contributed by atoms with E-state index in [0.29, 0.717) is 6.42 Å². The van der Waals surface area contributed by atoms with Gasteiger partial charge in [-0.25, -0.2) is 0 Å². The molecule has 0 unspecified atom stereocenters. The third-order valence-electron chi connectivity index (χ3n) is 3.10. The molecule has 4 nitrogen and oxygen atoms in total. The van der Waals surface area contributed by atoms with Crippen LogP contribution in [0, 0.1) is 10.1 Å². The lowest BCUT2D eigenvalue weighted by Gasteiger charge is -2.19. The van der Waals surface area contributed by atoms with E-state index < -0.39 is 0 Å². The van der Waals surface area contributed by atoms with Crippen molar-refractivity contribution in [2.45, 2.75) is 6.42 Å². The van der Waals surface area contributed by atoms with Gasteiger partial charge in [-0.3, -0.25) is 10.1 Å². The molecule has 19 heavy (non-hydrogen) atoms. The van der Waals surface area contributed by atoms with E-state index in [9.17, 15) is 10.1 Å². The monoisotopic (exact) mass is 256 g/mol. The number of benzene rings is 2. The van der Waals surface area contributed by atoms with Crippen molar-refractivity contribution in [1.29, 1.82) is 0 Å². The number of para-hydroxylation sites is 2. The lowest BCUT2D eigenvalue weighted by molar-refractivity contribution is -0.385. The van der Waals surface area contributed by atoms with E-state index in [0.717, 1.165) is 17.8 Å². The quantitative estimate of drug-likeness (QED) is 0.609. The minimum atomic E-state index is -0.322. The van der Waals surface area contributed by atoms with Crippen LogP contribution in [0.4, 0.5) is 11.4 Å². The number of nitro groups is 1. The van der Waals surface area contributed by atoms with Crippen LogP contribution in [0.3, 0.4) is 0 Å². The average Bonchev–Trinajstić information content (AvgIpc) is 2.46. The Hall–Kier alpha value is -2.36. The summed E-state index contributed by atoms with van der Waals surface area (Å²) in [5.41, 5.74) is 2.08. The maximum absolute atomic E-state index is 10.9. The van der Waals surface area contributed by atoms with Gasteiger partial charge in [0, 0.05) is 30.9 Å². The lowest BCUT2D eigenvalue weighted by Crippen LogP contribution is -2.20. The Morgan fingerprint density at radius 2 is 1.68 bits per heavy atom. The van der Waals surface area contributed by atoms with Crippen LogP contribution < -0.4 is 4.90 Å². The standard InChI is InChI=1S/C15H16N2O2/c1-16(14-8-3-2-4-9-14)12-11-13-7-5-6-10-15(13)17(18)19/h2-10H,11-12H2,1H3. The van der Waals surface area contributed by atoms with Crippen molar-refractivity contribution in [3.05, 3.63) is 70.3 Å². The van der Waals surface area contributed by atoms with E-state index in [1.165, 1.54) is 0 Å². The van der Waals surface area contributed by atoms with Gasteiger partial charge in [0.05, 0.1) is 4.92 Å². The Morgan fingerprint density at radius 3 is 2.37 bits per heavy atom. The highest BCUT2D eigenvalue weighted by Crippen LogP contribution is 2.19. The van der Waals surface area contributed by atoms with Gasteiger partial charge in [-0.1, -0.05) is 36.4 Å². The fraction of sp³-hybridized carbons (Fsp3) is 0.200. The van der Waals surface area contributed by atoms with Crippen LogP contribution in [0.25, 0.3) is 0 Å². The van der Waals surface area contributed by atoms with Gasteiger partial charge >= 0.3 is 0 Å². The second-order valence-electron chi connectivity index (χ2n) is 4.39. The summed E-state index contributed by atoms with van der Waals surface area (Å²) >= 11 is 0. The molecule has 0 fully saturated rings. The largest absolute Gasteiger partial charge is 0.374 e. The van der Waals surface area contributed by atoms with Crippen LogP contribution in [0.5, 0.6) is 0 Å². The molecule has 0 aliphatic heterocycles. The van der Waals surface area contributed by atoms with Crippen molar-refractivity contribution >= 4 is 11.4 Å². The maximum atomic E-state index is 10.9. The van der Waals surface area contributed by atoms with Crippen LogP contribution >= 0.6 is 0 Å². The first kappa shape index (κ1) is 13.1. The molecule has 0 heterocycles. The molecule has 0 bridgehead atoms. The van der Waals surface area contributed by atoms with Gasteiger partial charge < -0.3 is 4.90 Å². The third kappa shape index (κ3) is 3.31. The highest BCUT2D eigenvalue weighted by molar-refractivity contribution is 5.46. The minimum Gasteiger partial charge on any atom is -0.374 e. The van der Waals surface area contributed by atoms with Gasteiger partial charge in [0.15, 0.2) is 0 Å². The molecule has 0 atom stereocenters. The number of likely N-dealkylation sites (N-methyl/N-ethyl adjacent to an activating group) is 1. The summed E-state index contributed by atoms with van der Waals surface area (Å²) in [5, 5.41) is 10.9. The first-order chi connectivity index (χ1) is 9.18. The fourth-order valence-corrected chi connectivity index (χ4v) is 2.00. The first-order valence-corrected chi connectivity index (χ1v) is 6.17. The smallest absolute Gasteiger partial charge is 0.272 e. The Labute approximate surface area is 112 Å². The topological polar surface area (TPSA) is 46.4 Å². The molecule has 2 rings (SSSR count). The highest BCUT2D eigenvalue weighted by Gasteiger charge is 2.12. The van der Waals surface area contributed by atoms with Crippen molar-refractivity contribution in [3.63, 3.8) is 0 Å². The molecular formula is C15H16N2O2. The zero-order chi connectivity index (χ0) is 13.7. The van der Waals surface area contributed by atoms with Crippen LogP contribution in [0.1, 0.15) is 5.56 Å². The van der Waals surface area contributed by atoms with Crippen LogP contribution in [-0.4, -0.2) is 18.5 Å². The van der Waals surface area contributed by atoms with Gasteiger partial charge in [-0.15, -0.1) is 0 Å². The van der Waals surface area contributed by atoms with Gasteiger partial charge in [0.25, 0.3) is 5.69 Å².